The van der Waals surface area contributed by atoms with E-state index >= 15 is 0 Å². The molecule has 0 saturated carbocycles. The summed E-state index contributed by atoms with van der Waals surface area (Å²) in [4.78, 5) is 39.7. The molecule has 0 aliphatic carbocycles. The van der Waals surface area contributed by atoms with E-state index in [1.54, 1.807) is 0 Å². The maximum atomic E-state index is 12.9. The predicted octanol–water partition coefficient (Wildman–Crippen LogP) is 0.467. The van der Waals surface area contributed by atoms with E-state index in [2.05, 4.69) is 27.7 Å². The lowest BCUT2D eigenvalue weighted by atomic mass is 9.92. The normalized spacial score (nSPS) is 31.7. The number of ketones is 1. The molecular formula is C22H28N4O3. The molecule has 5 aliphatic heterocycles. The van der Waals surface area contributed by atoms with Crippen LogP contribution in [0, 0.1) is 0 Å². The van der Waals surface area contributed by atoms with Crippen molar-refractivity contribution in [3.63, 3.8) is 0 Å². The molecule has 1 aromatic rings. The van der Waals surface area contributed by atoms with E-state index < -0.39 is 11.8 Å². The van der Waals surface area contributed by atoms with Gasteiger partial charge in [0.1, 0.15) is 0 Å². The number of amides is 1. The van der Waals surface area contributed by atoms with Gasteiger partial charge >= 0.3 is 0 Å². The van der Waals surface area contributed by atoms with Crippen LogP contribution < -0.4 is 10.6 Å². The van der Waals surface area contributed by atoms with Crippen LogP contribution in [0.3, 0.4) is 0 Å². The summed E-state index contributed by atoms with van der Waals surface area (Å²) >= 11 is 0. The molecule has 0 radical (unpaired) electrons. The lowest BCUT2D eigenvalue weighted by Crippen LogP contribution is -2.60. The van der Waals surface area contributed by atoms with Crippen LogP contribution in [-0.4, -0.2) is 71.6 Å². The van der Waals surface area contributed by atoms with Crippen LogP contribution in [-0.2, 0) is 22.7 Å². The molecule has 6 rings (SSSR count). The van der Waals surface area contributed by atoms with Gasteiger partial charge in [-0.1, -0.05) is 12.1 Å². The first-order valence-electron chi connectivity index (χ1n) is 10.7. The lowest BCUT2D eigenvalue weighted by Gasteiger charge is -2.46. The van der Waals surface area contributed by atoms with Crippen LogP contribution in [0.4, 0.5) is 0 Å². The fourth-order valence-corrected chi connectivity index (χ4v) is 5.45. The van der Waals surface area contributed by atoms with Crippen LogP contribution in [0.1, 0.15) is 47.2 Å². The molecule has 5 heterocycles. The Balaban J connectivity index is 1.24. The number of rotatable bonds is 5. The Kier molecular flexibility index (Phi) is 4.97. The molecule has 4 fully saturated rings. The fourth-order valence-electron chi connectivity index (χ4n) is 5.45. The third-order valence-electron chi connectivity index (χ3n) is 7.14. The van der Waals surface area contributed by atoms with Gasteiger partial charge in [0.25, 0.3) is 5.91 Å². The second-order valence-corrected chi connectivity index (χ2v) is 8.90. The van der Waals surface area contributed by atoms with E-state index in [-0.39, 0.29) is 11.9 Å². The minimum atomic E-state index is -0.398. The summed E-state index contributed by atoms with van der Waals surface area (Å²) in [6, 6.07) is 7.22. The Bertz CT molecular complexity index is 825. The minimum absolute atomic E-state index is 0.0676. The summed E-state index contributed by atoms with van der Waals surface area (Å²) in [7, 11) is 0. The predicted molar refractivity (Wildman–Crippen MR) is 107 cm³/mol. The lowest BCUT2D eigenvalue weighted by molar-refractivity contribution is -0.131. The SMILES string of the molecule is O=CC(=O)C1CCC(N2Cc3cc(CN4CC5CCC4CN5)ccc3C2=O)CN1. The molecule has 29 heavy (non-hydrogen) atoms. The number of hydrogen-bond acceptors (Lipinski definition) is 6. The summed E-state index contributed by atoms with van der Waals surface area (Å²) < 4.78 is 0. The summed E-state index contributed by atoms with van der Waals surface area (Å²) in [5.41, 5.74) is 3.20. The Labute approximate surface area is 170 Å². The first kappa shape index (κ1) is 18.9. The van der Waals surface area contributed by atoms with Crippen molar-refractivity contribution in [1.82, 2.24) is 20.4 Å². The van der Waals surface area contributed by atoms with Crippen molar-refractivity contribution >= 4 is 18.0 Å². The van der Waals surface area contributed by atoms with E-state index in [0.29, 0.717) is 37.9 Å². The van der Waals surface area contributed by atoms with E-state index in [1.807, 2.05) is 11.0 Å². The molecule has 4 unspecified atom stereocenters. The van der Waals surface area contributed by atoms with Crippen molar-refractivity contribution in [2.24, 2.45) is 0 Å². The molecule has 2 N–H and O–H groups in total. The first-order chi connectivity index (χ1) is 14.1. The van der Waals surface area contributed by atoms with Gasteiger partial charge in [0.2, 0.25) is 5.78 Å². The second-order valence-electron chi connectivity index (χ2n) is 8.90. The van der Waals surface area contributed by atoms with Gasteiger partial charge < -0.3 is 15.5 Å². The number of benzene rings is 1. The van der Waals surface area contributed by atoms with Crippen LogP contribution in [0.15, 0.2) is 18.2 Å². The molecule has 7 nitrogen and oxygen atoms in total. The van der Waals surface area contributed by atoms with Gasteiger partial charge in [0.05, 0.1) is 6.04 Å². The van der Waals surface area contributed by atoms with Gasteiger partial charge in [0.15, 0.2) is 6.29 Å². The number of carbonyl (C=O) groups is 3. The molecule has 5 aliphatic rings. The van der Waals surface area contributed by atoms with Gasteiger partial charge in [0, 0.05) is 56.4 Å². The van der Waals surface area contributed by atoms with E-state index in [4.69, 9.17) is 0 Å². The number of hydrogen-bond donors (Lipinski definition) is 2. The summed E-state index contributed by atoms with van der Waals surface area (Å²) in [5, 5.41) is 6.74. The summed E-state index contributed by atoms with van der Waals surface area (Å²) in [6.07, 6.45) is 4.29. The first-order valence-corrected chi connectivity index (χ1v) is 10.7. The Morgan fingerprint density at radius 3 is 2.59 bits per heavy atom. The molecule has 4 atom stereocenters. The van der Waals surface area contributed by atoms with Crippen LogP contribution in [0.5, 0.6) is 0 Å². The van der Waals surface area contributed by atoms with Gasteiger partial charge in [-0.05, 0) is 42.9 Å². The van der Waals surface area contributed by atoms with Crippen molar-refractivity contribution in [3.05, 3.63) is 34.9 Å². The zero-order valence-corrected chi connectivity index (χ0v) is 16.6. The standard InChI is InChI=1S/C22H28N4O3/c27-13-21(28)20-6-4-18(9-24-20)26-11-15-7-14(1-5-19(15)22(26)29)10-25-12-16-2-3-17(25)8-23-16/h1,5,7,13,16-18,20,23-24H,2-4,6,8-12H2. The number of Topliss-reactive ketones (excluding diaryl/α,β-unsaturated/α-hetero) is 1. The van der Waals surface area contributed by atoms with Gasteiger partial charge in [-0.25, -0.2) is 0 Å². The van der Waals surface area contributed by atoms with Crippen LogP contribution in [0.2, 0.25) is 0 Å². The maximum absolute atomic E-state index is 12.9. The summed E-state index contributed by atoms with van der Waals surface area (Å²) in [5.74, 6) is -0.314. The van der Waals surface area contributed by atoms with Crippen molar-refractivity contribution in [3.8, 4) is 0 Å². The number of aldehydes is 1. The smallest absolute Gasteiger partial charge is 0.254 e. The third-order valence-corrected chi connectivity index (χ3v) is 7.14. The minimum Gasteiger partial charge on any atom is -0.330 e. The topological polar surface area (TPSA) is 81.8 Å². The van der Waals surface area contributed by atoms with Gasteiger partial charge in [-0.2, -0.15) is 0 Å². The maximum Gasteiger partial charge on any atom is 0.254 e. The molecular weight excluding hydrogens is 368 g/mol. The zero-order valence-electron chi connectivity index (χ0n) is 16.6. The van der Waals surface area contributed by atoms with E-state index in [1.165, 1.54) is 18.4 Å². The Morgan fingerprint density at radius 2 is 1.93 bits per heavy atom. The molecule has 1 aromatic carbocycles. The highest BCUT2D eigenvalue weighted by Gasteiger charge is 2.37. The average molecular weight is 396 g/mol. The molecule has 1 amide bonds. The van der Waals surface area contributed by atoms with Crippen molar-refractivity contribution in [2.75, 3.05) is 19.6 Å². The number of nitrogens with one attached hydrogen (secondary N) is 2. The molecule has 4 saturated heterocycles. The Hall–Kier alpha value is -2.09. The highest BCUT2D eigenvalue weighted by Crippen LogP contribution is 2.30. The number of nitrogens with zero attached hydrogens (tertiary/aromatic N) is 2. The molecule has 154 valence electrons. The molecule has 2 bridgehead atoms. The van der Waals surface area contributed by atoms with Crippen LogP contribution >= 0.6 is 0 Å². The number of fused-ring (bicyclic) bond motifs is 4. The van der Waals surface area contributed by atoms with Gasteiger partial charge in [-0.3, -0.25) is 19.3 Å². The molecule has 0 aromatic heterocycles. The van der Waals surface area contributed by atoms with E-state index in [0.717, 1.165) is 37.2 Å². The van der Waals surface area contributed by atoms with Crippen molar-refractivity contribution in [1.29, 1.82) is 0 Å². The van der Waals surface area contributed by atoms with Crippen molar-refractivity contribution < 1.29 is 14.4 Å². The quantitative estimate of drug-likeness (QED) is 0.556. The average Bonchev–Trinajstić information content (AvgIpc) is 3.10. The monoisotopic (exact) mass is 396 g/mol. The fraction of sp³-hybridized carbons (Fsp3) is 0.591. The second kappa shape index (κ2) is 7.63. The van der Waals surface area contributed by atoms with Crippen molar-refractivity contribution in [2.45, 2.75) is 62.9 Å². The van der Waals surface area contributed by atoms with E-state index in [9.17, 15) is 14.4 Å². The third kappa shape index (κ3) is 3.52. The number of carbonyl (C=O) groups excluding carboxylic acids is 3. The number of piperidine rings is 3. The van der Waals surface area contributed by atoms with Gasteiger partial charge in [-0.15, -0.1) is 0 Å². The highest BCUT2D eigenvalue weighted by molar-refractivity contribution is 6.27. The largest absolute Gasteiger partial charge is 0.330 e. The summed E-state index contributed by atoms with van der Waals surface area (Å²) in [6.45, 7) is 4.34. The molecule has 0 spiro atoms. The zero-order chi connectivity index (χ0) is 20.0. The molecule has 7 heteroatoms. The number of piperazine rings is 1. The van der Waals surface area contributed by atoms with Crippen LogP contribution in [0.25, 0.3) is 0 Å². The highest BCUT2D eigenvalue weighted by atomic mass is 16.2. The Morgan fingerprint density at radius 1 is 1.10 bits per heavy atom.